The minimum atomic E-state index is -1.49. The van der Waals surface area contributed by atoms with E-state index in [0.29, 0.717) is 22.2 Å². The molecule has 0 bridgehead atoms. The van der Waals surface area contributed by atoms with Crippen LogP contribution in [-0.2, 0) is 13.6 Å². The van der Waals surface area contributed by atoms with Gasteiger partial charge in [-0.25, -0.2) is 9.18 Å². The molecule has 0 radical (unpaired) electrons. The van der Waals surface area contributed by atoms with E-state index in [1.54, 1.807) is 31.6 Å². The van der Waals surface area contributed by atoms with E-state index in [0.717, 1.165) is 5.56 Å². The molecule has 3 aromatic rings. The van der Waals surface area contributed by atoms with Crippen molar-refractivity contribution in [2.45, 2.75) is 26.1 Å². The summed E-state index contributed by atoms with van der Waals surface area (Å²) in [5, 5.41) is 9.24. The van der Waals surface area contributed by atoms with Crippen LogP contribution >= 0.6 is 0 Å². The van der Waals surface area contributed by atoms with Gasteiger partial charge in [0.1, 0.15) is 5.67 Å². The zero-order chi connectivity index (χ0) is 17.5. The van der Waals surface area contributed by atoms with Gasteiger partial charge in [0.2, 0.25) is 0 Å². The summed E-state index contributed by atoms with van der Waals surface area (Å²) >= 11 is 0. The quantitative estimate of drug-likeness (QED) is 0.744. The number of alkyl halides is 1. The lowest BCUT2D eigenvalue weighted by Gasteiger charge is -2.14. The number of imidazole rings is 1. The summed E-state index contributed by atoms with van der Waals surface area (Å²) in [4.78, 5) is 16.5. The van der Waals surface area contributed by atoms with Crippen LogP contribution in [0.25, 0.3) is 22.2 Å². The topological polar surface area (TPSA) is 63.6 Å². The second kappa shape index (κ2) is 5.60. The largest absolute Gasteiger partial charge is 0.328 e. The fraction of sp³-hybridized carbons (Fsp3) is 0.278. The zero-order valence-electron chi connectivity index (χ0n) is 13.7. The Labute approximate surface area is 138 Å². The van der Waals surface area contributed by atoms with Crippen molar-refractivity contribution >= 4 is 11.0 Å². The van der Waals surface area contributed by atoms with Crippen LogP contribution in [-0.4, -0.2) is 19.8 Å². The first-order valence-electron chi connectivity index (χ1n) is 7.54. The van der Waals surface area contributed by atoms with E-state index in [2.05, 4.69) is 11.1 Å². The van der Waals surface area contributed by atoms with Gasteiger partial charge in [0, 0.05) is 25.0 Å². The van der Waals surface area contributed by atoms with Crippen LogP contribution < -0.4 is 5.69 Å². The first-order valence-corrected chi connectivity index (χ1v) is 7.54. The number of aromatic nitrogens is 3. The summed E-state index contributed by atoms with van der Waals surface area (Å²) in [5.41, 5.74) is 1.60. The van der Waals surface area contributed by atoms with E-state index in [1.165, 1.54) is 23.0 Å². The summed E-state index contributed by atoms with van der Waals surface area (Å²) in [6.45, 7) is 2.88. The number of hydrogen-bond donors (Lipinski definition) is 0. The summed E-state index contributed by atoms with van der Waals surface area (Å²) in [7, 11) is 1.66. The highest BCUT2D eigenvalue weighted by atomic mass is 19.1. The van der Waals surface area contributed by atoms with Crippen molar-refractivity contribution in [2.75, 3.05) is 0 Å². The maximum Gasteiger partial charge on any atom is 0.328 e. The summed E-state index contributed by atoms with van der Waals surface area (Å²) in [6, 6.07) is 9.22. The minimum absolute atomic E-state index is 0.0150. The lowest BCUT2D eigenvalue weighted by Crippen LogP contribution is -2.30. The molecule has 0 aliphatic heterocycles. The molecular formula is C18H17FN4O. The lowest BCUT2D eigenvalue weighted by molar-refractivity contribution is 0.186. The molecule has 5 nitrogen and oxygen atoms in total. The maximum atomic E-state index is 14.0. The third-order valence-corrected chi connectivity index (χ3v) is 3.93. The lowest BCUT2D eigenvalue weighted by atomic mass is 10.0. The molecule has 3 rings (SSSR count). The summed E-state index contributed by atoms with van der Waals surface area (Å²) < 4.78 is 17.0. The van der Waals surface area contributed by atoms with Gasteiger partial charge in [-0.05, 0) is 37.6 Å². The van der Waals surface area contributed by atoms with E-state index < -0.39 is 5.67 Å². The molecule has 6 heteroatoms. The summed E-state index contributed by atoms with van der Waals surface area (Å²) in [5.74, 6) is 0. The highest BCUT2D eigenvalue weighted by Gasteiger charge is 2.21. The predicted molar refractivity (Wildman–Crippen MR) is 90.3 cm³/mol. The summed E-state index contributed by atoms with van der Waals surface area (Å²) in [6.07, 6.45) is 3.19. The first-order chi connectivity index (χ1) is 11.3. The van der Waals surface area contributed by atoms with E-state index in [1.807, 2.05) is 12.1 Å². The molecule has 0 amide bonds. The van der Waals surface area contributed by atoms with Crippen molar-refractivity contribution in [2.24, 2.45) is 7.05 Å². The molecule has 0 spiro atoms. The van der Waals surface area contributed by atoms with Crippen LogP contribution in [0.15, 0.2) is 41.5 Å². The van der Waals surface area contributed by atoms with Crippen LogP contribution in [0.1, 0.15) is 19.4 Å². The van der Waals surface area contributed by atoms with E-state index >= 15 is 0 Å². The molecule has 2 heterocycles. The van der Waals surface area contributed by atoms with E-state index in [9.17, 15) is 14.4 Å². The van der Waals surface area contributed by atoms with Gasteiger partial charge in [-0.15, -0.1) is 0 Å². The molecule has 0 saturated heterocycles. The number of pyridine rings is 1. The zero-order valence-corrected chi connectivity index (χ0v) is 13.7. The van der Waals surface area contributed by atoms with Crippen LogP contribution in [0, 0.1) is 11.3 Å². The Bertz CT molecular complexity index is 1020. The Morgan fingerprint density at radius 3 is 2.71 bits per heavy atom. The van der Waals surface area contributed by atoms with Gasteiger partial charge in [0.15, 0.2) is 0 Å². The Kier molecular flexibility index (Phi) is 3.72. The second-order valence-corrected chi connectivity index (χ2v) is 6.38. The standard InChI is InChI=1S/C18H17FN4O/c1-18(2,19)11-23-15-5-4-12(8-16(15)22(3)17(23)24)14-10-21-7-6-13(14)9-20/h4-8,10H,11H2,1-3H3. The number of nitriles is 1. The van der Waals surface area contributed by atoms with Gasteiger partial charge in [-0.3, -0.25) is 14.1 Å². The average molecular weight is 324 g/mol. The van der Waals surface area contributed by atoms with Crippen LogP contribution in [0.3, 0.4) is 0 Å². The van der Waals surface area contributed by atoms with Crippen molar-refractivity contribution in [1.29, 1.82) is 5.26 Å². The second-order valence-electron chi connectivity index (χ2n) is 6.38. The molecule has 122 valence electrons. The molecule has 0 fully saturated rings. The third-order valence-electron chi connectivity index (χ3n) is 3.93. The minimum Gasteiger partial charge on any atom is -0.295 e. The molecule has 0 atom stereocenters. The molecule has 2 aromatic heterocycles. The highest BCUT2D eigenvalue weighted by Crippen LogP contribution is 2.26. The molecule has 0 aliphatic rings. The molecule has 0 aliphatic carbocycles. The van der Waals surface area contributed by atoms with Crippen LogP contribution in [0.2, 0.25) is 0 Å². The number of benzene rings is 1. The van der Waals surface area contributed by atoms with Gasteiger partial charge in [-0.1, -0.05) is 6.07 Å². The van der Waals surface area contributed by atoms with Gasteiger partial charge in [0.25, 0.3) is 0 Å². The fourth-order valence-corrected chi connectivity index (χ4v) is 2.83. The van der Waals surface area contributed by atoms with E-state index in [4.69, 9.17) is 0 Å². The number of fused-ring (bicyclic) bond motifs is 1. The molecular weight excluding hydrogens is 307 g/mol. The van der Waals surface area contributed by atoms with Crippen LogP contribution in [0.4, 0.5) is 4.39 Å². The molecule has 0 saturated carbocycles. The predicted octanol–water partition coefficient (Wildman–Crippen LogP) is 3.02. The third kappa shape index (κ3) is 2.69. The number of hydrogen-bond acceptors (Lipinski definition) is 3. The van der Waals surface area contributed by atoms with Gasteiger partial charge in [0.05, 0.1) is 29.2 Å². The number of aryl methyl sites for hydroxylation is 1. The molecule has 1 aromatic carbocycles. The number of halogens is 1. The average Bonchev–Trinajstić information content (AvgIpc) is 2.78. The van der Waals surface area contributed by atoms with Crippen molar-refractivity contribution in [3.05, 3.63) is 52.7 Å². The van der Waals surface area contributed by atoms with Crippen molar-refractivity contribution in [3.8, 4) is 17.2 Å². The monoisotopic (exact) mass is 324 g/mol. The van der Waals surface area contributed by atoms with Crippen molar-refractivity contribution in [3.63, 3.8) is 0 Å². The van der Waals surface area contributed by atoms with Crippen molar-refractivity contribution in [1.82, 2.24) is 14.1 Å². The Morgan fingerprint density at radius 2 is 2.04 bits per heavy atom. The Hall–Kier alpha value is -2.94. The first kappa shape index (κ1) is 15.9. The normalized spacial score (nSPS) is 11.6. The highest BCUT2D eigenvalue weighted by molar-refractivity contribution is 5.84. The van der Waals surface area contributed by atoms with Crippen LogP contribution in [0.5, 0.6) is 0 Å². The maximum absolute atomic E-state index is 14.0. The van der Waals surface area contributed by atoms with Gasteiger partial charge in [-0.2, -0.15) is 5.26 Å². The fourth-order valence-electron chi connectivity index (χ4n) is 2.83. The smallest absolute Gasteiger partial charge is 0.295 e. The van der Waals surface area contributed by atoms with Crippen molar-refractivity contribution < 1.29 is 4.39 Å². The molecule has 24 heavy (non-hydrogen) atoms. The molecule has 0 unspecified atom stereocenters. The number of rotatable bonds is 3. The Balaban J connectivity index is 2.22. The Morgan fingerprint density at radius 1 is 1.29 bits per heavy atom. The van der Waals surface area contributed by atoms with Gasteiger partial charge < -0.3 is 0 Å². The number of nitrogens with zero attached hydrogens (tertiary/aromatic N) is 4. The SMILES string of the molecule is Cn1c(=O)n(CC(C)(C)F)c2ccc(-c3cnccc3C#N)cc21. The van der Waals surface area contributed by atoms with Gasteiger partial charge >= 0.3 is 5.69 Å². The molecule has 0 N–H and O–H groups in total. The van der Waals surface area contributed by atoms with E-state index in [-0.39, 0.29) is 12.2 Å².